The maximum absolute atomic E-state index is 12.1. The zero-order valence-corrected chi connectivity index (χ0v) is 13.2. The molecular formula is C17H24N2O3. The first-order valence-electron chi connectivity index (χ1n) is 7.74. The summed E-state index contributed by atoms with van der Waals surface area (Å²) >= 11 is 0. The Morgan fingerprint density at radius 1 is 1.41 bits per heavy atom. The van der Waals surface area contributed by atoms with Crippen LogP contribution in [0.1, 0.15) is 30.9 Å². The van der Waals surface area contributed by atoms with Crippen molar-refractivity contribution < 1.29 is 14.7 Å². The van der Waals surface area contributed by atoms with Crippen molar-refractivity contribution in [2.45, 2.75) is 39.3 Å². The van der Waals surface area contributed by atoms with Gasteiger partial charge in [-0.2, -0.15) is 0 Å². The molecule has 120 valence electrons. The fourth-order valence-electron chi connectivity index (χ4n) is 2.64. The summed E-state index contributed by atoms with van der Waals surface area (Å²) in [6, 6.07) is 8.00. The van der Waals surface area contributed by atoms with E-state index < -0.39 is 0 Å². The van der Waals surface area contributed by atoms with Gasteiger partial charge in [0, 0.05) is 32.2 Å². The molecule has 22 heavy (non-hydrogen) atoms. The van der Waals surface area contributed by atoms with Crippen LogP contribution in [0.5, 0.6) is 0 Å². The van der Waals surface area contributed by atoms with E-state index in [1.807, 2.05) is 38.1 Å². The van der Waals surface area contributed by atoms with E-state index in [4.69, 9.17) is 5.11 Å². The van der Waals surface area contributed by atoms with Gasteiger partial charge in [0.1, 0.15) is 0 Å². The van der Waals surface area contributed by atoms with Crippen LogP contribution in [-0.4, -0.2) is 41.0 Å². The van der Waals surface area contributed by atoms with Gasteiger partial charge in [0.2, 0.25) is 11.8 Å². The van der Waals surface area contributed by atoms with Crippen molar-refractivity contribution in [1.82, 2.24) is 10.2 Å². The van der Waals surface area contributed by atoms with Gasteiger partial charge >= 0.3 is 0 Å². The van der Waals surface area contributed by atoms with Gasteiger partial charge < -0.3 is 15.3 Å². The van der Waals surface area contributed by atoms with Crippen LogP contribution in [0, 0.1) is 12.8 Å². The van der Waals surface area contributed by atoms with Crippen LogP contribution in [0.25, 0.3) is 0 Å². The molecule has 1 fully saturated rings. The number of rotatable bonds is 6. The second-order valence-corrected chi connectivity index (χ2v) is 6.08. The molecule has 1 aliphatic rings. The number of benzene rings is 1. The zero-order valence-electron chi connectivity index (χ0n) is 13.2. The zero-order chi connectivity index (χ0) is 16.1. The van der Waals surface area contributed by atoms with Crippen LogP contribution in [-0.2, 0) is 16.1 Å². The van der Waals surface area contributed by atoms with Gasteiger partial charge in [0.25, 0.3) is 0 Å². The number of aliphatic hydroxyl groups is 1. The molecule has 1 aromatic rings. The molecule has 1 unspecified atom stereocenters. The summed E-state index contributed by atoms with van der Waals surface area (Å²) in [5.41, 5.74) is 2.26. The number of hydrogen-bond acceptors (Lipinski definition) is 3. The number of nitrogens with one attached hydrogen (secondary N) is 1. The molecule has 1 heterocycles. The number of aryl methyl sites for hydroxylation is 1. The lowest BCUT2D eigenvalue weighted by Crippen LogP contribution is -2.38. The third-order valence-corrected chi connectivity index (χ3v) is 4.03. The van der Waals surface area contributed by atoms with Crippen LogP contribution in [0.15, 0.2) is 24.3 Å². The average Bonchev–Trinajstić information content (AvgIpc) is 2.83. The number of carbonyl (C=O) groups excluding carboxylic acids is 2. The molecule has 0 aliphatic carbocycles. The van der Waals surface area contributed by atoms with E-state index in [9.17, 15) is 9.59 Å². The van der Waals surface area contributed by atoms with E-state index in [0.717, 1.165) is 5.56 Å². The lowest BCUT2D eigenvalue weighted by molar-refractivity contribution is -0.129. The molecule has 1 aliphatic heterocycles. The van der Waals surface area contributed by atoms with E-state index in [-0.39, 0.29) is 36.8 Å². The van der Waals surface area contributed by atoms with Crippen LogP contribution in [0.4, 0.5) is 0 Å². The summed E-state index contributed by atoms with van der Waals surface area (Å²) in [5.74, 6) is -0.365. The number of hydrogen-bond donors (Lipinski definition) is 2. The Morgan fingerprint density at radius 3 is 2.73 bits per heavy atom. The van der Waals surface area contributed by atoms with Gasteiger partial charge in [-0.15, -0.1) is 0 Å². The number of carbonyl (C=O) groups is 2. The first-order valence-corrected chi connectivity index (χ1v) is 7.74. The molecule has 5 nitrogen and oxygen atoms in total. The third-order valence-electron chi connectivity index (χ3n) is 4.03. The molecule has 2 rings (SSSR count). The third kappa shape index (κ3) is 4.31. The van der Waals surface area contributed by atoms with E-state index in [2.05, 4.69) is 5.32 Å². The molecule has 0 spiro atoms. The summed E-state index contributed by atoms with van der Waals surface area (Å²) in [5, 5.41) is 11.7. The van der Waals surface area contributed by atoms with Gasteiger partial charge in [-0.05, 0) is 25.8 Å². The maximum atomic E-state index is 12.1. The molecule has 2 N–H and O–H groups in total. The second-order valence-electron chi connectivity index (χ2n) is 6.08. The minimum absolute atomic E-state index is 0.0236. The van der Waals surface area contributed by atoms with Crippen molar-refractivity contribution in [3.05, 3.63) is 35.4 Å². The summed E-state index contributed by atoms with van der Waals surface area (Å²) in [6.45, 7) is 4.94. The van der Waals surface area contributed by atoms with Crippen molar-refractivity contribution >= 4 is 11.8 Å². The Balaban J connectivity index is 1.90. The van der Waals surface area contributed by atoms with Crippen molar-refractivity contribution in [2.24, 2.45) is 5.92 Å². The molecule has 1 aromatic carbocycles. The maximum Gasteiger partial charge on any atom is 0.225 e. The molecule has 0 aromatic heterocycles. The number of aliphatic hydroxyl groups excluding tert-OH is 1. The van der Waals surface area contributed by atoms with E-state index in [1.54, 1.807) is 4.90 Å². The molecular weight excluding hydrogens is 280 g/mol. The van der Waals surface area contributed by atoms with E-state index in [1.165, 1.54) is 5.56 Å². The number of amides is 2. The normalized spacial score (nSPS) is 19.3. The molecule has 5 heteroatoms. The predicted octanol–water partition coefficient (Wildman–Crippen LogP) is 1.23. The first kappa shape index (κ1) is 16.5. The first-order chi connectivity index (χ1) is 10.5. The minimum atomic E-state index is -0.293. The van der Waals surface area contributed by atoms with E-state index >= 15 is 0 Å². The van der Waals surface area contributed by atoms with Gasteiger partial charge in [-0.25, -0.2) is 0 Å². The molecule has 2 atom stereocenters. The summed E-state index contributed by atoms with van der Waals surface area (Å²) in [6.07, 6.45) is 0.795. The van der Waals surface area contributed by atoms with Crippen LogP contribution in [0.3, 0.4) is 0 Å². The fourth-order valence-corrected chi connectivity index (χ4v) is 2.64. The van der Waals surface area contributed by atoms with Gasteiger partial charge in [0.05, 0.1) is 5.92 Å². The number of nitrogens with zero attached hydrogens (tertiary/aromatic N) is 1. The van der Waals surface area contributed by atoms with Crippen molar-refractivity contribution in [3.63, 3.8) is 0 Å². The Kier molecular flexibility index (Phi) is 5.55. The average molecular weight is 304 g/mol. The van der Waals surface area contributed by atoms with Crippen molar-refractivity contribution in [1.29, 1.82) is 0 Å². The topological polar surface area (TPSA) is 69.6 Å². The fraction of sp³-hybridized carbons (Fsp3) is 0.529. The molecule has 2 amide bonds. The second kappa shape index (κ2) is 7.40. The van der Waals surface area contributed by atoms with Crippen LogP contribution >= 0.6 is 0 Å². The smallest absolute Gasteiger partial charge is 0.225 e. The van der Waals surface area contributed by atoms with Crippen molar-refractivity contribution in [3.8, 4) is 0 Å². The Morgan fingerprint density at radius 2 is 2.09 bits per heavy atom. The molecule has 1 saturated heterocycles. The molecule has 0 radical (unpaired) electrons. The Labute approximate surface area is 131 Å². The van der Waals surface area contributed by atoms with Crippen LogP contribution < -0.4 is 5.32 Å². The molecule has 0 bridgehead atoms. The highest BCUT2D eigenvalue weighted by atomic mass is 16.3. The highest BCUT2D eigenvalue weighted by Crippen LogP contribution is 2.20. The standard InChI is InChI=1S/C17H24N2O3/c1-12-3-5-14(6-4-12)10-19-11-15(9-16(19)21)17(22)18-13(2)7-8-20/h3-6,13,15,20H,7-11H2,1-2H3,(H,18,22)/t13-,15?/m1/s1. The lowest BCUT2D eigenvalue weighted by atomic mass is 10.1. The van der Waals surface area contributed by atoms with Gasteiger partial charge in [-0.1, -0.05) is 29.8 Å². The minimum Gasteiger partial charge on any atom is -0.396 e. The lowest BCUT2D eigenvalue weighted by Gasteiger charge is -2.18. The highest BCUT2D eigenvalue weighted by Gasteiger charge is 2.34. The van der Waals surface area contributed by atoms with E-state index in [0.29, 0.717) is 19.5 Å². The van der Waals surface area contributed by atoms with Gasteiger partial charge in [-0.3, -0.25) is 9.59 Å². The Hall–Kier alpha value is -1.88. The summed E-state index contributed by atoms with van der Waals surface area (Å²) < 4.78 is 0. The number of likely N-dealkylation sites (tertiary alicyclic amines) is 1. The van der Waals surface area contributed by atoms with Crippen molar-refractivity contribution in [2.75, 3.05) is 13.2 Å². The largest absolute Gasteiger partial charge is 0.396 e. The SMILES string of the molecule is Cc1ccc(CN2CC(C(=O)N[C@H](C)CCO)CC2=O)cc1. The predicted molar refractivity (Wildman–Crippen MR) is 84.0 cm³/mol. The quantitative estimate of drug-likeness (QED) is 0.830. The highest BCUT2D eigenvalue weighted by molar-refractivity contribution is 5.89. The Bertz CT molecular complexity index is 527. The monoisotopic (exact) mass is 304 g/mol. The summed E-state index contributed by atoms with van der Waals surface area (Å²) in [4.78, 5) is 26.0. The van der Waals surface area contributed by atoms with Gasteiger partial charge in [0.15, 0.2) is 0 Å². The van der Waals surface area contributed by atoms with Crippen LogP contribution in [0.2, 0.25) is 0 Å². The molecule has 0 saturated carbocycles. The summed E-state index contributed by atoms with van der Waals surface area (Å²) in [7, 11) is 0.